The molecule has 0 radical (unpaired) electrons. The van der Waals surface area contributed by atoms with E-state index in [1.54, 1.807) is 14.2 Å². The Morgan fingerprint density at radius 2 is 2.16 bits per heavy atom. The van der Waals surface area contributed by atoms with Crippen LogP contribution in [0.5, 0.6) is 11.5 Å². The minimum atomic E-state index is -0.0684. The molecule has 1 fully saturated rings. The second kappa shape index (κ2) is 6.75. The Bertz CT molecular complexity index is 406. The van der Waals surface area contributed by atoms with Crippen LogP contribution in [0.15, 0.2) is 18.2 Å². The first-order chi connectivity index (χ1) is 9.30. The van der Waals surface area contributed by atoms with Crippen LogP contribution in [0.2, 0.25) is 0 Å². The number of benzene rings is 1. The van der Waals surface area contributed by atoms with Gasteiger partial charge in [0.1, 0.15) is 11.5 Å². The minimum absolute atomic E-state index is 0.0684. The van der Waals surface area contributed by atoms with Crippen LogP contribution in [0.25, 0.3) is 0 Å². The van der Waals surface area contributed by atoms with E-state index in [1.165, 1.54) is 6.42 Å². The van der Waals surface area contributed by atoms with E-state index in [1.807, 2.05) is 18.2 Å². The third kappa shape index (κ3) is 3.18. The fourth-order valence-corrected chi connectivity index (χ4v) is 2.50. The van der Waals surface area contributed by atoms with E-state index < -0.39 is 0 Å². The summed E-state index contributed by atoms with van der Waals surface area (Å²) in [5.41, 5.74) is 3.85. The topological polar surface area (TPSA) is 65.7 Å². The van der Waals surface area contributed by atoms with Crippen molar-refractivity contribution >= 4 is 0 Å². The van der Waals surface area contributed by atoms with Gasteiger partial charge in [-0.3, -0.25) is 11.3 Å². The molecule has 1 aromatic carbocycles. The molecule has 0 aliphatic carbocycles. The molecular formula is C14H22N2O3. The summed E-state index contributed by atoms with van der Waals surface area (Å²) in [6, 6.07) is 5.68. The smallest absolute Gasteiger partial charge is 0.127 e. The van der Waals surface area contributed by atoms with E-state index in [-0.39, 0.29) is 12.1 Å². The SMILES string of the molecule is COc1ccc(C(NN)C2CCCCO2)c(OC)c1. The van der Waals surface area contributed by atoms with Crippen molar-refractivity contribution in [2.24, 2.45) is 5.84 Å². The van der Waals surface area contributed by atoms with Crippen LogP contribution >= 0.6 is 0 Å². The predicted molar refractivity (Wildman–Crippen MR) is 73.2 cm³/mol. The molecule has 1 aliphatic rings. The zero-order valence-electron chi connectivity index (χ0n) is 11.5. The first-order valence-electron chi connectivity index (χ1n) is 6.59. The Kier molecular flexibility index (Phi) is 5.01. The van der Waals surface area contributed by atoms with Crippen LogP contribution in [0.3, 0.4) is 0 Å². The molecule has 1 saturated heterocycles. The molecule has 2 rings (SSSR count). The summed E-state index contributed by atoms with van der Waals surface area (Å²) in [5.74, 6) is 7.24. The molecule has 5 heteroatoms. The van der Waals surface area contributed by atoms with E-state index in [2.05, 4.69) is 5.43 Å². The number of rotatable bonds is 5. The summed E-state index contributed by atoms with van der Waals surface area (Å²) < 4.78 is 16.5. The predicted octanol–water partition coefficient (Wildman–Crippen LogP) is 1.78. The Labute approximate surface area is 114 Å². The second-order valence-electron chi connectivity index (χ2n) is 4.66. The van der Waals surface area contributed by atoms with Gasteiger partial charge in [-0.2, -0.15) is 0 Å². The molecule has 1 aromatic rings. The number of methoxy groups -OCH3 is 2. The number of hydrogen-bond donors (Lipinski definition) is 2. The fraction of sp³-hybridized carbons (Fsp3) is 0.571. The van der Waals surface area contributed by atoms with Gasteiger partial charge in [0.15, 0.2) is 0 Å². The van der Waals surface area contributed by atoms with Crippen LogP contribution in [0, 0.1) is 0 Å². The average Bonchev–Trinajstić information content (AvgIpc) is 2.49. The van der Waals surface area contributed by atoms with Gasteiger partial charge in [-0.25, -0.2) is 0 Å². The van der Waals surface area contributed by atoms with Crippen LogP contribution in [-0.2, 0) is 4.74 Å². The number of ether oxygens (including phenoxy) is 3. The number of hydrazine groups is 1. The van der Waals surface area contributed by atoms with Gasteiger partial charge in [0.25, 0.3) is 0 Å². The Hall–Kier alpha value is -1.30. The highest BCUT2D eigenvalue weighted by atomic mass is 16.5. The lowest BCUT2D eigenvalue weighted by molar-refractivity contribution is -0.00867. The van der Waals surface area contributed by atoms with Crippen molar-refractivity contribution in [1.82, 2.24) is 5.43 Å². The van der Waals surface area contributed by atoms with Gasteiger partial charge < -0.3 is 14.2 Å². The molecule has 0 saturated carbocycles. The minimum Gasteiger partial charge on any atom is -0.497 e. The normalized spacial score (nSPS) is 20.9. The van der Waals surface area contributed by atoms with Crippen molar-refractivity contribution in [3.8, 4) is 11.5 Å². The Morgan fingerprint density at radius 1 is 1.32 bits per heavy atom. The number of hydrogen-bond acceptors (Lipinski definition) is 5. The second-order valence-corrected chi connectivity index (χ2v) is 4.66. The van der Waals surface area contributed by atoms with Crippen molar-refractivity contribution in [2.45, 2.75) is 31.4 Å². The molecule has 19 heavy (non-hydrogen) atoms. The molecule has 2 atom stereocenters. The van der Waals surface area contributed by atoms with E-state index in [9.17, 15) is 0 Å². The summed E-state index contributed by atoms with van der Waals surface area (Å²) in [4.78, 5) is 0. The summed E-state index contributed by atoms with van der Waals surface area (Å²) in [6.07, 6.45) is 3.37. The molecule has 0 amide bonds. The first kappa shape index (κ1) is 14.1. The van der Waals surface area contributed by atoms with Crippen LogP contribution < -0.4 is 20.7 Å². The van der Waals surface area contributed by atoms with Crippen molar-refractivity contribution < 1.29 is 14.2 Å². The molecule has 1 heterocycles. The summed E-state index contributed by atoms with van der Waals surface area (Å²) in [7, 11) is 3.28. The third-order valence-electron chi connectivity index (χ3n) is 3.54. The quantitative estimate of drug-likeness (QED) is 0.628. The van der Waals surface area contributed by atoms with Gasteiger partial charge in [0.2, 0.25) is 0 Å². The maximum Gasteiger partial charge on any atom is 0.127 e. The molecule has 0 bridgehead atoms. The lowest BCUT2D eigenvalue weighted by Gasteiger charge is -2.31. The highest BCUT2D eigenvalue weighted by molar-refractivity contribution is 5.43. The van der Waals surface area contributed by atoms with Crippen molar-refractivity contribution in [3.63, 3.8) is 0 Å². The number of nitrogens with one attached hydrogen (secondary N) is 1. The van der Waals surface area contributed by atoms with E-state index in [0.29, 0.717) is 0 Å². The monoisotopic (exact) mass is 266 g/mol. The standard InChI is InChI=1S/C14H22N2O3/c1-17-10-6-7-11(13(9-10)18-2)14(16-15)12-5-3-4-8-19-12/h6-7,9,12,14,16H,3-5,8,15H2,1-2H3. The van der Waals surface area contributed by atoms with Crippen LogP contribution in [0.4, 0.5) is 0 Å². The summed E-state index contributed by atoms with van der Waals surface area (Å²) in [6.45, 7) is 0.793. The molecule has 5 nitrogen and oxygen atoms in total. The maximum absolute atomic E-state index is 5.81. The zero-order valence-corrected chi connectivity index (χ0v) is 11.5. The molecular weight excluding hydrogens is 244 g/mol. The van der Waals surface area contributed by atoms with Gasteiger partial charge in [0.05, 0.1) is 26.4 Å². The van der Waals surface area contributed by atoms with E-state index in [0.717, 1.165) is 36.5 Å². The Morgan fingerprint density at radius 3 is 2.74 bits per heavy atom. The van der Waals surface area contributed by atoms with Gasteiger partial charge in [-0.1, -0.05) is 0 Å². The van der Waals surface area contributed by atoms with Crippen molar-refractivity contribution in [1.29, 1.82) is 0 Å². The van der Waals surface area contributed by atoms with E-state index in [4.69, 9.17) is 20.1 Å². The average molecular weight is 266 g/mol. The van der Waals surface area contributed by atoms with Crippen LogP contribution in [0.1, 0.15) is 30.9 Å². The first-order valence-corrected chi connectivity index (χ1v) is 6.59. The lowest BCUT2D eigenvalue weighted by Crippen LogP contribution is -2.39. The van der Waals surface area contributed by atoms with E-state index >= 15 is 0 Å². The molecule has 0 aromatic heterocycles. The van der Waals surface area contributed by atoms with Gasteiger partial charge in [-0.15, -0.1) is 0 Å². The third-order valence-corrected chi connectivity index (χ3v) is 3.54. The van der Waals surface area contributed by atoms with Gasteiger partial charge in [-0.05, 0) is 31.4 Å². The summed E-state index contributed by atoms with van der Waals surface area (Å²) >= 11 is 0. The zero-order chi connectivity index (χ0) is 13.7. The molecule has 1 aliphatic heterocycles. The maximum atomic E-state index is 5.81. The fourth-order valence-electron chi connectivity index (χ4n) is 2.50. The largest absolute Gasteiger partial charge is 0.497 e. The molecule has 106 valence electrons. The van der Waals surface area contributed by atoms with Crippen molar-refractivity contribution in [2.75, 3.05) is 20.8 Å². The number of nitrogens with two attached hydrogens (primary N) is 1. The highest BCUT2D eigenvalue weighted by Gasteiger charge is 2.27. The van der Waals surface area contributed by atoms with Crippen LogP contribution in [-0.4, -0.2) is 26.9 Å². The molecule has 0 spiro atoms. The van der Waals surface area contributed by atoms with Crippen molar-refractivity contribution in [3.05, 3.63) is 23.8 Å². The molecule has 3 N–H and O–H groups in total. The summed E-state index contributed by atoms with van der Waals surface area (Å²) in [5, 5.41) is 0. The van der Waals surface area contributed by atoms with Gasteiger partial charge >= 0.3 is 0 Å². The molecule has 2 unspecified atom stereocenters. The highest BCUT2D eigenvalue weighted by Crippen LogP contribution is 2.34. The Balaban J connectivity index is 2.26. The lowest BCUT2D eigenvalue weighted by atomic mass is 9.95. The van der Waals surface area contributed by atoms with Gasteiger partial charge in [0, 0.05) is 18.2 Å².